The molecule has 0 fully saturated rings. The molecule has 2 aliphatic rings. The third kappa shape index (κ3) is 2.83. The molecule has 0 saturated carbocycles. The number of rotatable bonds is 3. The minimum absolute atomic E-state index is 0.194. The van der Waals surface area contributed by atoms with Crippen molar-refractivity contribution < 1.29 is 14.4 Å². The summed E-state index contributed by atoms with van der Waals surface area (Å²) in [5.41, 5.74) is 4.06. The maximum Gasteiger partial charge on any atom is 0.243 e. The molecule has 0 spiro atoms. The molecule has 5 rings (SSSR count). The molecule has 1 aliphatic heterocycles. The molecule has 0 unspecified atom stereocenters. The number of nitrogens with one attached hydrogen (secondary N) is 1. The molecular weight excluding hydrogens is 364 g/mol. The van der Waals surface area contributed by atoms with E-state index in [0.717, 1.165) is 18.7 Å². The van der Waals surface area contributed by atoms with Gasteiger partial charge in [0.15, 0.2) is 11.6 Å². The van der Waals surface area contributed by atoms with Gasteiger partial charge in [0, 0.05) is 28.9 Å². The lowest BCUT2D eigenvalue weighted by molar-refractivity contribution is -0.115. The van der Waals surface area contributed by atoms with Gasteiger partial charge in [0.2, 0.25) is 5.91 Å². The Morgan fingerprint density at radius 3 is 2.34 bits per heavy atom. The van der Waals surface area contributed by atoms with Crippen LogP contribution < -0.4 is 10.2 Å². The first kappa shape index (κ1) is 17.4. The lowest BCUT2D eigenvalue weighted by Crippen LogP contribution is -2.32. The number of ketones is 2. The molecule has 1 aliphatic carbocycles. The number of amides is 1. The van der Waals surface area contributed by atoms with Crippen LogP contribution in [0.15, 0.2) is 66.7 Å². The van der Waals surface area contributed by atoms with Crippen molar-refractivity contribution in [1.82, 2.24) is 0 Å². The molecule has 0 saturated heterocycles. The van der Waals surface area contributed by atoms with Crippen molar-refractivity contribution in [2.45, 2.75) is 6.42 Å². The molecule has 3 aromatic rings. The smallest absolute Gasteiger partial charge is 0.243 e. The van der Waals surface area contributed by atoms with Gasteiger partial charge in [-0.15, -0.1) is 0 Å². The number of anilines is 2. The van der Waals surface area contributed by atoms with Gasteiger partial charge in [-0.25, -0.2) is 0 Å². The second kappa shape index (κ2) is 6.71. The Kier molecular flexibility index (Phi) is 4.02. The molecule has 0 aromatic heterocycles. The SMILES string of the molecule is O=C(CN1CCc2ccccc21)Nc1cccc2c1C(=O)c1ccccc1C2=O. The lowest BCUT2D eigenvalue weighted by atomic mass is 9.83. The van der Waals surface area contributed by atoms with Gasteiger partial charge in [-0.3, -0.25) is 14.4 Å². The fourth-order valence-electron chi connectivity index (χ4n) is 4.18. The van der Waals surface area contributed by atoms with Crippen LogP contribution in [-0.2, 0) is 11.2 Å². The number of benzene rings is 3. The van der Waals surface area contributed by atoms with Crippen molar-refractivity contribution in [2.75, 3.05) is 23.3 Å². The summed E-state index contributed by atoms with van der Waals surface area (Å²) in [6.45, 7) is 0.976. The van der Waals surface area contributed by atoms with Gasteiger partial charge in [0.25, 0.3) is 0 Å². The quantitative estimate of drug-likeness (QED) is 0.589. The van der Waals surface area contributed by atoms with Crippen LogP contribution in [0.2, 0.25) is 0 Å². The topological polar surface area (TPSA) is 66.5 Å². The summed E-state index contributed by atoms with van der Waals surface area (Å²) in [6.07, 6.45) is 0.911. The van der Waals surface area contributed by atoms with Crippen LogP contribution in [0, 0.1) is 0 Å². The second-order valence-corrected chi connectivity index (χ2v) is 7.28. The van der Waals surface area contributed by atoms with Crippen LogP contribution in [0.4, 0.5) is 11.4 Å². The Morgan fingerprint density at radius 1 is 0.828 bits per heavy atom. The van der Waals surface area contributed by atoms with E-state index in [4.69, 9.17) is 0 Å². The highest BCUT2D eigenvalue weighted by molar-refractivity contribution is 6.30. The summed E-state index contributed by atoms with van der Waals surface area (Å²) in [7, 11) is 0. The fourth-order valence-corrected chi connectivity index (χ4v) is 4.18. The molecule has 0 radical (unpaired) electrons. The number of nitrogens with zero attached hydrogens (tertiary/aromatic N) is 1. The average molecular weight is 382 g/mol. The predicted octanol–water partition coefficient (Wildman–Crippen LogP) is 3.46. The van der Waals surface area contributed by atoms with E-state index in [1.54, 1.807) is 42.5 Å². The minimum atomic E-state index is -0.238. The van der Waals surface area contributed by atoms with E-state index in [9.17, 15) is 14.4 Å². The molecule has 1 N–H and O–H groups in total. The summed E-state index contributed by atoms with van der Waals surface area (Å²) >= 11 is 0. The summed E-state index contributed by atoms with van der Waals surface area (Å²) < 4.78 is 0. The van der Waals surface area contributed by atoms with Crippen LogP contribution in [0.5, 0.6) is 0 Å². The third-order valence-corrected chi connectivity index (χ3v) is 5.54. The molecule has 0 atom stereocenters. The number of hydrogen-bond acceptors (Lipinski definition) is 4. The van der Waals surface area contributed by atoms with Crippen LogP contribution in [0.1, 0.15) is 37.4 Å². The summed E-state index contributed by atoms with van der Waals surface area (Å²) in [4.78, 5) is 40.7. The lowest BCUT2D eigenvalue weighted by Gasteiger charge is -2.22. The molecule has 0 bridgehead atoms. The van der Waals surface area contributed by atoms with Crippen molar-refractivity contribution >= 4 is 28.8 Å². The largest absolute Gasteiger partial charge is 0.362 e. The molecule has 1 heterocycles. The van der Waals surface area contributed by atoms with Crippen molar-refractivity contribution in [3.63, 3.8) is 0 Å². The first-order chi connectivity index (χ1) is 14.1. The average Bonchev–Trinajstić information content (AvgIpc) is 3.15. The zero-order valence-corrected chi connectivity index (χ0v) is 15.6. The van der Waals surface area contributed by atoms with Crippen molar-refractivity contribution in [2.24, 2.45) is 0 Å². The number of para-hydroxylation sites is 1. The van der Waals surface area contributed by atoms with Gasteiger partial charge in [-0.1, -0.05) is 54.6 Å². The molecule has 29 heavy (non-hydrogen) atoms. The molecule has 5 heteroatoms. The van der Waals surface area contributed by atoms with Gasteiger partial charge < -0.3 is 10.2 Å². The van der Waals surface area contributed by atoms with Crippen molar-refractivity contribution in [3.8, 4) is 0 Å². The molecule has 1 amide bonds. The zero-order valence-electron chi connectivity index (χ0n) is 15.6. The molecule has 5 nitrogen and oxygen atoms in total. The highest BCUT2D eigenvalue weighted by atomic mass is 16.2. The van der Waals surface area contributed by atoms with E-state index < -0.39 is 0 Å². The predicted molar refractivity (Wildman–Crippen MR) is 111 cm³/mol. The van der Waals surface area contributed by atoms with Crippen LogP contribution >= 0.6 is 0 Å². The van der Waals surface area contributed by atoms with Crippen LogP contribution in [-0.4, -0.2) is 30.6 Å². The van der Waals surface area contributed by atoms with Gasteiger partial charge in [-0.2, -0.15) is 0 Å². The summed E-state index contributed by atoms with van der Waals surface area (Å²) in [5.74, 6) is -0.647. The molecular formula is C24H18N2O3. The molecule has 142 valence electrons. The first-order valence-corrected chi connectivity index (χ1v) is 9.57. The molecule has 3 aromatic carbocycles. The zero-order chi connectivity index (χ0) is 20.0. The van der Waals surface area contributed by atoms with Crippen LogP contribution in [0.25, 0.3) is 0 Å². The Morgan fingerprint density at radius 2 is 1.52 bits per heavy atom. The Balaban J connectivity index is 1.43. The first-order valence-electron chi connectivity index (χ1n) is 9.57. The van der Waals surface area contributed by atoms with E-state index in [1.165, 1.54) is 5.56 Å². The van der Waals surface area contributed by atoms with E-state index >= 15 is 0 Å². The van der Waals surface area contributed by atoms with Gasteiger partial charge in [0.1, 0.15) is 0 Å². The van der Waals surface area contributed by atoms with E-state index in [0.29, 0.717) is 22.4 Å². The van der Waals surface area contributed by atoms with E-state index in [1.807, 2.05) is 23.1 Å². The monoisotopic (exact) mass is 382 g/mol. The third-order valence-electron chi connectivity index (χ3n) is 5.54. The standard InChI is InChI=1S/C24H18N2O3/c27-21(14-26-13-12-15-6-1-4-11-20(15)26)25-19-10-5-9-18-22(19)24(29)17-8-3-2-7-16(17)23(18)28/h1-11H,12-14H2,(H,25,27). The Labute approximate surface area is 168 Å². The van der Waals surface area contributed by atoms with Crippen molar-refractivity contribution in [1.29, 1.82) is 0 Å². The summed E-state index contributed by atoms with van der Waals surface area (Å²) in [6, 6.07) is 19.8. The highest BCUT2D eigenvalue weighted by Crippen LogP contribution is 2.32. The van der Waals surface area contributed by atoms with Gasteiger partial charge in [-0.05, 0) is 24.1 Å². The second-order valence-electron chi connectivity index (χ2n) is 7.28. The van der Waals surface area contributed by atoms with Gasteiger partial charge >= 0.3 is 0 Å². The van der Waals surface area contributed by atoms with Gasteiger partial charge in [0.05, 0.1) is 17.8 Å². The van der Waals surface area contributed by atoms with Crippen molar-refractivity contribution in [3.05, 3.63) is 94.5 Å². The minimum Gasteiger partial charge on any atom is -0.362 e. The number of carbonyl (C=O) groups is 3. The number of fused-ring (bicyclic) bond motifs is 3. The summed E-state index contributed by atoms with van der Waals surface area (Å²) in [5, 5.41) is 2.86. The van der Waals surface area contributed by atoms with Crippen LogP contribution in [0.3, 0.4) is 0 Å². The number of carbonyl (C=O) groups excluding carboxylic acids is 3. The fraction of sp³-hybridized carbons (Fsp3) is 0.125. The maximum atomic E-state index is 13.1. The van der Waals surface area contributed by atoms with E-state index in [-0.39, 0.29) is 29.6 Å². The highest BCUT2D eigenvalue weighted by Gasteiger charge is 2.32. The Bertz CT molecular complexity index is 1180. The maximum absolute atomic E-state index is 13.1. The normalized spacial score (nSPS) is 14.3. The number of hydrogen-bond donors (Lipinski definition) is 1. The van der Waals surface area contributed by atoms with E-state index in [2.05, 4.69) is 11.4 Å². The Hall–Kier alpha value is -3.73.